The number of para-hydroxylation sites is 1. The molecule has 1 amide bonds. The molecule has 0 radical (unpaired) electrons. The van der Waals surface area contributed by atoms with Gasteiger partial charge in [-0.2, -0.15) is 5.12 Å². The first-order valence-corrected chi connectivity index (χ1v) is 9.81. The maximum absolute atomic E-state index is 13.7. The third-order valence-corrected chi connectivity index (χ3v) is 5.50. The Morgan fingerprint density at radius 3 is 2.31 bits per heavy atom. The van der Waals surface area contributed by atoms with E-state index in [0.717, 1.165) is 16.2 Å². The zero-order valence-corrected chi connectivity index (χ0v) is 16.8. The van der Waals surface area contributed by atoms with Crippen LogP contribution in [0.5, 0.6) is 0 Å². The number of hydrazine groups is 2. The Hall–Kier alpha value is -3.49. The van der Waals surface area contributed by atoms with E-state index in [-0.39, 0.29) is 17.4 Å². The molecule has 0 aliphatic carbocycles. The maximum Gasteiger partial charge on any atom is 0.268 e. The first-order valence-electron chi connectivity index (χ1n) is 8.93. The number of thiophene rings is 1. The lowest BCUT2D eigenvalue weighted by Gasteiger charge is -2.28. The van der Waals surface area contributed by atoms with Gasteiger partial charge in [0.2, 0.25) is 5.95 Å². The van der Waals surface area contributed by atoms with Gasteiger partial charge in [-0.05, 0) is 17.7 Å². The summed E-state index contributed by atoms with van der Waals surface area (Å²) in [4.78, 5) is 30.7. The Kier molecular flexibility index (Phi) is 4.87. The van der Waals surface area contributed by atoms with Crippen LogP contribution in [0.25, 0.3) is 27.0 Å². The van der Waals surface area contributed by atoms with Gasteiger partial charge < -0.3 is 0 Å². The van der Waals surface area contributed by atoms with Crippen molar-refractivity contribution in [2.24, 2.45) is 5.84 Å². The fraction of sp³-hybridized carbons (Fsp3) is 0.0952. The number of hydrogen-bond donors (Lipinski definition) is 1. The van der Waals surface area contributed by atoms with Crippen LogP contribution in [0.2, 0.25) is 0 Å². The Morgan fingerprint density at radius 1 is 1.07 bits per heavy atom. The summed E-state index contributed by atoms with van der Waals surface area (Å²) in [6, 6.07) is 18.9. The van der Waals surface area contributed by atoms with E-state index in [2.05, 4.69) is 0 Å². The van der Waals surface area contributed by atoms with Crippen molar-refractivity contribution in [2.45, 2.75) is 6.92 Å². The van der Waals surface area contributed by atoms with Gasteiger partial charge in [-0.15, -0.1) is 11.3 Å². The zero-order chi connectivity index (χ0) is 20.5. The monoisotopic (exact) mass is 405 g/mol. The molecule has 0 atom stereocenters. The third kappa shape index (κ3) is 3.28. The van der Waals surface area contributed by atoms with E-state index in [1.165, 1.54) is 27.8 Å². The first kappa shape index (κ1) is 18.9. The van der Waals surface area contributed by atoms with Gasteiger partial charge in [-0.1, -0.05) is 48.5 Å². The summed E-state index contributed by atoms with van der Waals surface area (Å²) in [7, 11) is 1.60. The summed E-state index contributed by atoms with van der Waals surface area (Å²) in [6.45, 7) is 1.35. The molecule has 2 N–H and O–H groups in total. The lowest BCUT2D eigenvalue weighted by Crippen LogP contribution is -2.50. The largest absolute Gasteiger partial charge is 0.272 e. The molecule has 8 heteroatoms. The van der Waals surface area contributed by atoms with Gasteiger partial charge in [0, 0.05) is 24.9 Å². The van der Waals surface area contributed by atoms with Crippen molar-refractivity contribution < 1.29 is 4.79 Å². The molecule has 0 fully saturated rings. The molecule has 2 aromatic heterocycles. The molecule has 0 spiro atoms. The Bertz CT molecular complexity index is 1230. The maximum atomic E-state index is 13.7. The minimum atomic E-state index is -0.377. The van der Waals surface area contributed by atoms with Crippen molar-refractivity contribution in [1.29, 1.82) is 0 Å². The topological polar surface area (TPSA) is 84.5 Å². The van der Waals surface area contributed by atoms with Gasteiger partial charge >= 0.3 is 0 Å². The van der Waals surface area contributed by atoms with E-state index in [4.69, 9.17) is 10.8 Å². The minimum Gasteiger partial charge on any atom is -0.272 e. The van der Waals surface area contributed by atoms with Crippen LogP contribution in [-0.2, 0) is 4.79 Å². The SMILES string of the molecule is CC(=O)N(N)N(C)c1nc2scc(-c3ccccc3)c2c(=O)n1-c1ccccc1. The smallest absolute Gasteiger partial charge is 0.268 e. The number of nitrogens with zero attached hydrogens (tertiary/aromatic N) is 4. The van der Waals surface area contributed by atoms with E-state index in [1.54, 1.807) is 7.05 Å². The summed E-state index contributed by atoms with van der Waals surface area (Å²) in [5, 5.41) is 4.77. The van der Waals surface area contributed by atoms with Crippen molar-refractivity contribution in [2.75, 3.05) is 12.1 Å². The average Bonchev–Trinajstić information content (AvgIpc) is 3.18. The normalized spacial score (nSPS) is 10.9. The van der Waals surface area contributed by atoms with Crippen molar-refractivity contribution in [3.63, 3.8) is 0 Å². The minimum absolute atomic E-state index is 0.222. The predicted molar refractivity (Wildman–Crippen MR) is 116 cm³/mol. The van der Waals surface area contributed by atoms with Crippen LogP contribution < -0.4 is 16.4 Å². The second kappa shape index (κ2) is 7.50. The van der Waals surface area contributed by atoms with Crippen molar-refractivity contribution in [1.82, 2.24) is 14.7 Å². The molecule has 0 saturated carbocycles. The number of carbonyl (C=O) groups is 1. The summed E-state index contributed by atoms with van der Waals surface area (Å²) < 4.78 is 1.48. The summed E-state index contributed by atoms with van der Waals surface area (Å²) in [5.41, 5.74) is 2.19. The van der Waals surface area contributed by atoms with E-state index in [0.29, 0.717) is 15.9 Å². The number of hydrogen-bond acceptors (Lipinski definition) is 6. The number of carbonyl (C=O) groups excluding carboxylic acids is 1. The highest BCUT2D eigenvalue weighted by Gasteiger charge is 2.23. The number of nitrogens with two attached hydrogens (primary N) is 1. The van der Waals surface area contributed by atoms with Gasteiger partial charge in [0.25, 0.3) is 11.5 Å². The van der Waals surface area contributed by atoms with Crippen LogP contribution in [0.4, 0.5) is 5.95 Å². The quantitative estimate of drug-likeness (QED) is 0.320. The lowest BCUT2D eigenvalue weighted by atomic mass is 10.1. The summed E-state index contributed by atoms with van der Waals surface area (Å²) in [6.07, 6.45) is 0. The molecule has 0 aliphatic heterocycles. The number of amides is 1. The summed E-state index contributed by atoms with van der Waals surface area (Å²) >= 11 is 1.38. The fourth-order valence-corrected chi connectivity index (χ4v) is 4.08. The average molecular weight is 405 g/mol. The molecule has 29 heavy (non-hydrogen) atoms. The Balaban J connectivity index is 2.04. The Morgan fingerprint density at radius 2 is 1.69 bits per heavy atom. The van der Waals surface area contributed by atoms with E-state index in [9.17, 15) is 9.59 Å². The number of rotatable bonds is 4. The predicted octanol–water partition coefficient (Wildman–Crippen LogP) is 3.19. The molecule has 7 nitrogen and oxygen atoms in total. The van der Waals surface area contributed by atoms with Gasteiger partial charge in [0.15, 0.2) is 0 Å². The zero-order valence-electron chi connectivity index (χ0n) is 15.9. The second-order valence-corrected chi connectivity index (χ2v) is 7.33. The molecule has 0 saturated heterocycles. The molecule has 0 aliphatic rings. The molecular weight excluding hydrogens is 386 g/mol. The lowest BCUT2D eigenvalue weighted by molar-refractivity contribution is -0.129. The van der Waals surface area contributed by atoms with E-state index < -0.39 is 0 Å². The molecule has 0 bridgehead atoms. The van der Waals surface area contributed by atoms with E-state index >= 15 is 0 Å². The van der Waals surface area contributed by atoms with Crippen LogP contribution in [0.15, 0.2) is 70.8 Å². The van der Waals surface area contributed by atoms with Crippen LogP contribution in [-0.4, -0.2) is 27.6 Å². The molecular formula is C21H19N5O2S. The van der Waals surface area contributed by atoms with Crippen molar-refractivity contribution >= 4 is 33.4 Å². The standard InChI is InChI=1S/C21H19N5O2S/c1-14(27)26(22)24(2)21-23-19-18(17(13-29-19)15-9-5-3-6-10-15)20(28)25(21)16-11-7-4-8-12-16/h3-13H,22H2,1-2H3. The van der Waals surface area contributed by atoms with E-state index in [1.807, 2.05) is 66.0 Å². The third-order valence-electron chi connectivity index (χ3n) is 4.62. The highest BCUT2D eigenvalue weighted by Crippen LogP contribution is 2.32. The van der Waals surface area contributed by atoms with Gasteiger partial charge in [-0.25, -0.2) is 20.4 Å². The molecule has 2 heterocycles. The number of anilines is 1. The molecule has 146 valence electrons. The Labute approximate surface area is 171 Å². The van der Waals surface area contributed by atoms with Crippen LogP contribution >= 0.6 is 11.3 Å². The highest BCUT2D eigenvalue weighted by molar-refractivity contribution is 7.17. The second-order valence-electron chi connectivity index (χ2n) is 6.47. The van der Waals surface area contributed by atoms with Crippen LogP contribution in [0.1, 0.15) is 6.92 Å². The van der Waals surface area contributed by atoms with Crippen molar-refractivity contribution in [3.8, 4) is 16.8 Å². The number of fused-ring (bicyclic) bond motifs is 1. The highest BCUT2D eigenvalue weighted by atomic mass is 32.1. The molecule has 2 aromatic carbocycles. The molecule has 4 aromatic rings. The summed E-state index contributed by atoms with van der Waals surface area (Å²) in [5.74, 6) is 5.77. The molecule has 4 rings (SSSR count). The van der Waals surface area contributed by atoms with Crippen molar-refractivity contribution in [3.05, 3.63) is 76.4 Å². The van der Waals surface area contributed by atoms with Crippen LogP contribution in [0.3, 0.4) is 0 Å². The fourth-order valence-electron chi connectivity index (χ4n) is 3.14. The first-order chi connectivity index (χ1) is 14.0. The van der Waals surface area contributed by atoms with Gasteiger partial charge in [-0.3, -0.25) is 9.59 Å². The molecule has 0 unspecified atom stereocenters. The van der Waals surface area contributed by atoms with Gasteiger partial charge in [0.05, 0.1) is 11.1 Å². The number of benzene rings is 2. The van der Waals surface area contributed by atoms with Gasteiger partial charge in [0.1, 0.15) is 4.83 Å². The number of aromatic nitrogens is 2. The van der Waals surface area contributed by atoms with Crippen LogP contribution in [0, 0.1) is 0 Å².